The van der Waals surface area contributed by atoms with Crippen LogP contribution in [0.25, 0.3) is 0 Å². The van der Waals surface area contributed by atoms with E-state index in [9.17, 15) is 9.59 Å². The van der Waals surface area contributed by atoms with E-state index >= 15 is 0 Å². The average Bonchev–Trinajstić information content (AvgIpc) is 2.28. The maximum atomic E-state index is 11.6. The quantitative estimate of drug-likeness (QED) is 0.656. The minimum Gasteiger partial charge on any atom is -0.481 e. The largest absolute Gasteiger partial charge is 0.481 e. The van der Waals surface area contributed by atoms with Crippen molar-refractivity contribution in [3.8, 4) is 12.3 Å². The normalized spacial score (nSPS) is 11.4. The molecule has 0 radical (unpaired) electrons. The summed E-state index contributed by atoms with van der Waals surface area (Å²) in [7, 11) is 0. The van der Waals surface area contributed by atoms with Crippen molar-refractivity contribution in [3.63, 3.8) is 0 Å². The molecular formula is C12H20N2O3. The second-order valence-electron chi connectivity index (χ2n) is 3.89. The Bertz CT molecular complexity index is 297. The molecular weight excluding hydrogens is 220 g/mol. The summed E-state index contributed by atoms with van der Waals surface area (Å²) in [5, 5.41) is 11.3. The highest BCUT2D eigenvalue weighted by molar-refractivity contribution is 5.74. The van der Waals surface area contributed by atoms with Gasteiger partial charge in [-0.1, -0.05) is 19.8 Å². The van der Waals surface area contributed by atoms with Crippen LogP contribution in [0.5, 0.6) is 0 Å². The lowest BCUT2D eigenvalue weighted by atomic mass is 10.1. The molecule has 2 N–H and O–H groups in total. The zero-order valence-electron chi connectivity index (χ0n) is 10.4. The van der Waals surface area contributed by atoms with Crippen molar-refractivity contribution in [2.24, 2.45) is 5.92 Å². The molecule has 0 aromatic heterocycles. The third kappa shape index (κ3) is 6.46. The Hall–Kier alpha value is -1.70. The highest BCUT2D eigenvalue weighted by Crippen LogP contribution is 2.00. The Morgan fingerprint density at radius 3 is 2.65 bits per heavy atom. The van der Waals surface area contributed by atoms with E-state index in [-0.39, 0.29) is 12.6 Å². The molecule has 1 atom stereocenters. The third-order valence-corrected chi connectivity index (χ3v) is 2.34. The number of terminal acetylenes is 1. The molecule has 0 bridgehead atoms. The Kier molecular flexibility index (Phi) is 7.61. The summed E-state index contributed by atoms with van der Waals surface area (Å²) in [4.78, 5) is 23.7. The van der Waals surface area contributed by atoms with Gasteiger partial charge in [0, 0.05) is 13.1 Å². The molecule has 5 heteroatoms. The van der Waals surface area contributed by atoms with Gasteiger partial charge in [-0.25, -0.2) is 4.79 Å². The van der Waals surface area contributed by atoms with Crippen molar-refractivity contribution < 1.29 is 14.7 Å². The summed E-state index contributed by atoms with van der Waals surface area (Å²) in [5.41, 5.74) is 0. The molecule has 5 nitrogen and oxygen atoms in total. The summed E-state index contributed by atoms with van der Waals surface area (Å²) in [6.07, 6.45) is 6.41. The summed E-state index contributed by atoms with van der Waals surface area (Å²) >= 11 is 0. The standard InChI is InChI=1S/C12H20N2O3/c1-4-8-14(9-5-2)12(17)13-7-6-10(3)11(15)16/h1,10H,5-9H2,2-3H3,(H,13,17)(H,15,16). The van der Waals surface area contributed by atoms with E-state index in [1.165, 1.54) is 4.90 Å². The molecule has 0 spiro atoms. The van der Waals surface area contributed by atoms with Crippen LogP contribution in [0.15, 0.2) is 0 Å². The molecule has 0 aliphatic carbocycles. The summed E-state index contributed by atoms with van der Waals surface area (Å²) in [6.45, 7) is 4.79. The number of hydrogen-bond acceptors (Lipinski definition) is 2. The highest BCUT2D eigenvalue weighted by atomic mass is 16.4. The number of aliphatic carboxylic acids is 1. The van der Waals surface area contributed by atoms with Gasteiger partial charge in [0.05, 0.1) is 12.5 Å². The van der Waals surface area contributed by atoms with Crippen molar-refractivity contribution in [3.05, 3.63) is 0 Å². The number of nitrogens with zero attached hydrogens (tertiary/aromatic N) is 1. The predicted octanol–water partition coefficient (Wildman–Crippen LogP) is 1.15. The van der Waals surface area contributed by atoms with Crippen LogP contribution in [0.4, 0.5) is 4.79 Å². The molecule has 1 unspecified atom stereocenters. The minimum atomic E-state index is -0.853. The number of urea groups is 1. The molecule has 0 aromatic carbocycles. The van der Waals surface area contributed by atoms with Gasteiger partial charge in [0.25, 0.3) is 0 Å². The van der Waals surface area contributed by atoms with E-state index in [2.05, 4.69) is 11.2 Å². The molecule has 0 aliphatic rings. The first-order valence-corrected chi connectivity index (χ1v) is 5.72. The van der Waals surface area contributed by atoms with Gasteiger partial charge >= 0.3 is 12.0 Å². The van der Waals surface area contributed by atoms with Crippen LogP contribution in [0.3, 0.4) is 0 Å². The van der Waals surface area contributed by atoms with Crippen LogP contribution in [-0.4, -0.2) is 41.6 Å². The Morgan fingerprint density at radius 2 is 2.18 bits per heavy atom. The van der Waals surface area contributed by atoms with Gasteiger partial charge in [-0.2, -0.15) is 0 Å². The van der Waals surface area contributed by atoms with Crippen molar-refractivity contribution in [1.29, 1.82) is 0 Å². The fourth-order valence-electron chi connectivity index (χ4n) is 1.26. The van der Waals surface area contributed by atoms with E-state index in [0.717, 1.165) is 6.42 Å². The fraction of sp³-hybridized carbons (Fsp3) is 0.667. The third-order valence-electron chi connectivity index (χ3n) is 2.34. The number of amides is 2. The summed E-state index contributed by atoms with van der Waals surface area (Å²) in [5.74, 6) is 1.11. The van der Waals surface area contributed by atoms with Gasteiger partial charge in [0.15, 0.2) is 0 Å². The maximum Gasteiger partial charge on any atom is 0.318 e. The van der Waals surface area contributed by atoms with E-state index in [4.69, 9.17) is 11.5 Å². The van der Waals surface area contributed by atoms with Gasteiger partial charge in [0.1, 0.15) is 0 Å². The van der Waals surface area contributed by atoms with Crippen LogP contribution >= 0.6 is 0 Å². The second kappa shape index (κ2) is 8.45. The average molecular weight is 240 g/mol. The number of carboxylic acids is 1. The van der Waals surface area contributed by atoms with Gasteiger partial charge in [-0.3, -0.25) is 4.79 Å². The number of hydrogen-bond donors (Lipinski definition) is 2. The molecule has 0 fully saturated rings. The van der Waals surface area contributed by atoms with E-state index in [1.54, 1.807) is 6.92 Å². The van der Waals surface area contributed by atoms with Gasteiger partial charge in [-0.15, -0.1) is 6.42 Å². The molecule has 2 amide bonds. The number of carbonyl (C=O) groups excluding carboxylic acids is 1. The molecule has 17 heavy (non-hydrogen) atoms. The first-order chi connectivity index (χ1) is 8.02. The monoisotopic (exact) mass is 240 g/mol. The highest BCUT2D eigenvalue weighted by Gasteiger charge is 2.13. The van der Waals surface area contributed by atoms with Crippen LogP contribution in [0.1, 0.15) is 26.7 Å². The van der Waals surface area contributed by atoms with Gasteiger partial charge < -0.3 is 15.3 Å². The second-order valence-corrected chi connectivity index (χ2v) is 3.89. The lowest BCUT2D eigenvalue weighted by molar-refractivity contribution is -0.141. The number of carbonyl (C=O) groups is 2. The van der Waals surface area contributed by atoms with Crippen LogP contribution in [0.2, 0.25) is 0 Å². The van der Waals surface area contributed by atoms with E-state index in [0.29, 0.717) is 19.5 Å². The van der Waals surface area contributed by atoms with Crippen LogP contribution in [0, 0.1) is 18.3 Å². The molecule has 0 aromatic rings. The Morgan fingerprint density at radius 1 is 1.53 bits per heavy atom. The van der Waals surface area contributed by atoms with Crippen molar-refractivity contribution in [2.75, 3.05) is 19.6 Å². The molecule has 0 saturated carbocycles. The maximum absolute atomic E-state index is 11.6. The molecule has 96 valence electrons. The van der Waals surface area contributed by atoms with Crippen LogP contribution in [-0.2, 0) is 4.79 Å². The molecule has 0 rings (SSSR count). The molecule has 0 saturated heterocycles. The number of carboxylic acid groups (broad SMARTS) is 1. The van der Waals surface area contributed by atoms with Gasteiger partial charge in [-0.05, 0) is 12.8 Å². The summed E-state index contributed by atoms with van der Waals surface area (Å²) in [6, 6.07) is -0.234. The van der Waals surface area contributed by atoms with Crippen LogP contribution < -0.4 is 5.32 Å². The van der Waals surface area contributed by atoms with Crippen molar-refractivity contribution >= 4 is 12.0 Å². The lowest BCUT2D eigenvalue weighted by Crippen LogP contribution is -2.41. The van der Waals surface area contributed by atoms with Crippen molar-refractivity contribution in [1.82, 2.24) is 10.2 Å². The first-order valence-electron chi connectivity index (χ1n) is 5.72. The van der Waals surface area contributed by atoms with Crippen molar-refractivity contribution in [2.45, 2.75) is 26.7 Å². The van der Waals surface area contributed by atoms with Gasteiger partial charge in [0.2, 0.25) is 0 Å². The lowest BCUT2D eigenvalue weighted by Gasteiger charge is -2.20. The molecule has 0 aliphatic heterocycles. The zero-order valence-corrected chi connectivity index (χ0v) is 10.4. The van der Waals surface area contributed by atoms with E-state index in [1.807, 2.05) is 6.92 Å². The smallest absolute Gasteiger partial charge is 0.318 e. The Balaban J connectivity index is 3.98. The first kappa shape index (κ1) is 15.3. The molecule has 0 heterocycles. The topological polar surface area (TPSA) is 69.6 Å². The van der Waals surface area contributed by atoms with E-state index < -0.39 is 11.9 Å². The minimum absolute atomic E-state index is 0.234. The Labute approximate surface area is 102 Å². The SMILES string of the molecule is C#CCN(CCC)C(=O)NCCC(C)C(=O)O. The zero-order chi connectivity index (χ0) is 13.3. The summed E-state index contributed by atoms with van der Waals surface area (Å²) < 4.78 is 0. The number of rotatable bonds is 7. The fourth-order valence-corrected chi connectivity index (χ4v) is 1.26. The predicted molar refractivity (Wildman–Crippen MR) is 65.5 cm³/mol. The number of nitrogens with one attached hydrogen (secondary N) is 1.